The summed E-state index contributed by atoms with van der Waals surface area (Å²) in [5.41, 5.74) is 9.73. The van der Waals surface area contributed by atoms with Crippen LogP contribution in [-0.4, -0.2) is 16.1 Å². The van der Waals surface area contributed by atoms with E-state index in [4.69, 9.17) is 11.2 Å². The van der Waals surface area contributed by atoms with Gasteiger partial charge in [0.05, 0.1) is 0 Å². The van der Waals surface area contributed by atoms with Crippen LogP contribution in [0.4, 0.5) is 0 Å². The predicted octanol–water partition coefficient (Wildman–Crippen LogP) is 4.25. The molecule has 0 aliphatic carbocycles. The molecule has 108 valence electrons. The highest BCUT2D eigenvalue weighted by Gasteiger charge is 2.36. The highest BCUT2D eigenvalue weighted by atomic mass is 35.7. The van der Waals surface area contributed by atoms with Gasteiger partial charge < -0.3 is 0 Å². The van der Waals surface area contributed by atoms with E-state index >= 15 is 0 Å². The predicted molar refractivity (Wildman–Crippen MR) is 101 cm³/mol. The minimum absolute atomic E-state index is 0.720. The Kier molecular flexibility index (Phi) is 5.45. The molecule has 1 aromatic rings. The van der Waals surface area contributed by atoms with E-state index in [-0.39, 0.29) is 0 Å². The van der Waals surface area contributed by atoms with Crippen LogP contribution < -0.4 is 9.84 Å². The van der Waals surface area contributed by atoms with Gasteiger partial charge in [-0.2, -0.15) is 0 Å². The van der Waals surface area contributed by atoms with Crippen molar-refractivity contribution in [2.45, 2.75) is 53.9 Å². The third-order valence-corrected chi connectivity index (χ3v) is 16.6. The van der Waals surface area contributed by atoms with Crippen LogP contribution >= 0.6 is 18.1 Å². The maximum Gasteiger partial charge on any atom is 0.168 e. The molecule has 0 aromatic carbocycles. The highest BCUT2D eigenvalue weighted by Crippen LogP contribution is 2.37. The van der Waals surface area contributed by atoms with Crippen LogP contribution in [0.2, 0.25) is 26.2 Å². The first-order valence-corrected chi connectivity index (χ1v) is 15.1. The summed E-state index contributed by atoms with van der Waals surface area (Å²) in [5, 5.41) is 0. The Labute approximate surface area is 132 Å². The summed E-state index contributed by atoms with van der Waals surface area (Å²) in [5.74, 6) is 6.23. The fourth-order valence-electron chi connectivity index (χ4n) is 2.93. The monoisotopic (exact) mass is 338 g/mol. The quantitative estimate of drug-likeness (QED) is 0.558. The first-order valence-electron chi connectivity index (χ1n) is 6.87. The van der Waals surface area contributed by atoms with Crippen molar-refractivity contribution in [3.63, 3.8) is 0 Å². The Morgan fingerprint density at radius 1 is 0.800 bits per heavy atom. The molecule has 0 aliphatic heterocycles. The zero-order chi connectivity index (χ0) is 15.7. The van der Waals surface area contributed by atoms with Crippen molar-refractivity contribution in [3.8, 4) is 22.9 Å². The molecule has 20 heavy (non-hydrogen) atoms. The Balaban J connectivity index is 3.69. The number of rotatable bonds is 2. The second-order valence-corrected chi connectivity index (χ2v) is 17.5. The first kappa shape index (κ1) is 17.7. The van der Waals surface area contributed by atoms with Gasteiger partial charge in [-0.1, -0.05) is 37.4 Å². The fourth-order valence-corrected chi connectivity index (χ4v) is 17.6. The van der Waals surface area contributed by atoms with Crippen molar-refractivity contribution < 1.29 is 0 Å². The maximum absolute atomic E-state index is 6.96. The smallest absolute Gasteiger partial charge is 0.126 e. The molecular weight excluding hydrogens is 315 g/mol. The average molecular weight is 339 g/mol. The molecule has 1 aromatic heterocycles. The van der Waals surface area contributed by atoms with Crippen molar-refractivity contribution in [3.05, 3.63) is 11.1 Å². The lowest BCUT2D eigenvalue weighted by atomic mass is 10.2. The summed E-state index contributed by atoms with van der Waals surface area (Å²) in [7, 11) is -3.47. The molecule has 0 atom stereocenters. The standard InChI is InChI=1S/C16H24ClPSi2/c1-9-11-19(5,6)15-13(3)14(4)16(18(15)17)20(7,8)12-10-2/h1-8H3. The molecule has 0 bridgehead atoms. The molecule has 0 saturated carbocycles. The third kappa shape index (κ3) is 3.10. The van der Waals surface area contributed by atoms with Gasteiger partial charge >= 0.3 is 0 Å². The molecule has 0 nitrogen and oxygen atoms in total. The van der Waals surface area contributed by atoms with Crippen LogP contribution in [0, 0.1) is 36.8 Å². The van der Waals surface area contributed by atoms with Crippen LogP contribution in [0.5, 0.6) is 0 Å². The summed E-state index contributed by atoms with van der Waals surface area (Å²) in [4.78, 5) is 2.93. The summed E-state index contributed by atoms with van der Waals surface area (Å²) in [6.45, 7) is 16.9. The lowest BCUT2D eigenvalue weighted by molar-refractivity contribution is 1.43. The van der Waals surface area contributed by atoms with Crippen LogP contribution in [0.15, 0.2) is 0 Å². The average Bonchev–Trinajstić information content (AvgIpc) is 2.50. The minimum atomic E-state index is -1.73. The van der Waals surface area contributed by atoms with E-state index < -0.39 is 23.0 Å². The molecule has 0 fully saturated rings. The summed E-state index contributed by atoms with van der Waals surface area (Å²) < 4.78 is 0. The van der Waals surface area contributed by atoms with Crippen LogP contribution in [-0.2, 0) is 0 Å². The fraction of sp³-hybridized carbons (Fsp3) is 0.500. The van der Waals surface area contributed by atoms with Gasteiger partial charge in [-0.05, 0) is 55.5 Å². The second-order valence-electron chi connectivity index (χ2n) is 6.23. The van der Waals surface area contributed by atoms with Crippen LogP contribution in [0.1, 0.15) is 25.0 Å². The van der Waals surface area contributed by atoms with Gasteiger partial charge in [-0.25, -0.2) is 0 Å². The molecule has 0 unspecified atom stereocenters. The second kappa shape index (κ2) is 6.17. The molecule has 0 spiro atoms. The van der Waals surface area contributed by atoms with E-state index in [1.165, 1.54) is 21.0 Å². The lowest BCUT2D eigenvalue weighted by Gasteiger charge is -2.19. The highest BCUT2D eigenvalue weighted by molar-refractivity contribution is 7.87. The van der Waals surface area contributed by atoms with Gasteiger partial charge in [0.2, 0.25) is 0 Å². The van der Waals surface area contributed by atoms with Crippen LogP contribution in [0.25, 0.3) is 0 Å². The molecule has 0 saturated heterocycles. The van der Waals surface area contributed by atoms with Gasteiger partial charge in [-0.15, -0.1) is 22.9 Å². The number of hydrogen-bond donors (Lipinski definition) is 0. The van der Waals surface area contributed by atoms with Gasteiger partial charge in [-0.3, -0.25) is 0 Å². The van der Waals surface area contributed by atoms with Gasteiger partial charge in [0, 0.05) is 0 Å². The minimum Gasteiger partial charge on any atom is -0.126 e. The van der Waals surface area contributed by atoms with E-state index in [1.807, 2.05) is 13.8 Å². The molecule has 0 aliphatic rings. The topological polar surface area (TPSA) is 0 Å². The largest absolute Gasteiger partial charge is 0.168 e. The van der Waals surface area contributed by atoms with E-state index in [9.17, 15) is 0 Å². The molecule has 4 heteroatoms. The number of halogens is 1. The summed E-state index contributed by atoms with van der Waals surface area (Å²) >= 11 is 6.96. The Morgan fingerprint density at radius 2 is 1.10 bits per heavy atom. The molecule has 0 amide bonds. The zero-order valence-corrected chi connectivity index (χ0v) is 17.5. The first-order chi connectivity index (χ1) is 9.10. The zero-order valence-electron chi connectivity index (χ0n) is 13.8. The van der Waals surface area contributed by atoms with Crippen molar-refractivity contribution in [2.24, 2.45) is 0 Å². The van der Waals surface area contributed by atoms with E-state index in [1.54, 1.807) is 0 Å². The summed E-state index contributed by atoms with van der Waals surface area (Å²) in [6, 6.07) is 0. The molecule has 0 N–H and O–H groups in total. The Hall–Kier alpha value is -0.376. The normalized spacial score (nSPS) is 11.4. The molecule has 1 rings (SSSR count). The Bertz CT molecular complexity index is 590. The van der Waals surface area contributed by atoms with E-state index in [2.05, 4.69) is 63.0 Å². The van der Waals surface area contributed by atoms with Crippen molar-refractivity contribution >= 4 is 44.1 Å². The molecule has 1 heterocycles. The SMILES string of the molecule is CC#C[Si](C)(C)c1c(C)c(C)c([Si](C)(C)C#CC)p1Cl. The van der Waals surface area contributed by atoms with Crippen LogP contribution in [0.3, 0.4) is 0 Å². The molecular formula is C16H24ClPSi2. The van der Waals surface area contributed by atoms with Gasteiger partial charge in [0.25, 0.3) is 0 Å². The van der Waals surface area contributed by atoms with Gasteiger partial charge in [0.15, 0.2) is 16.1 Å². The summed E-state index contributed by atoms with van der Waals surface area (Å²) in [6.07, 6.45) is 0. The Morgan fingerprint density at radius 3 is 1.35 bits per heavy atom. The van der Waals surface area contributed by atoms with Crippen molar-refractivity contribution in [2.75, 3.05) is 0 Å². The van der Waals surface area contributed by atoms with Crippen molar-refractivity contribution in [1.29, 1.82) is 0 Å². The maximum atomic E-state index is 6.96. The molecule has 0 radical (unpaired) electrons. The van der Waals surface area contributed by atoms with Crippen molar-refractivity contribution in [1.82, 2.24) is 0 Å². The lowest BCUT2D eigenvalue weighted by Crippen LogP contribution is -2.42. The van der Waals surface area contributed by atoms with E-state index in [0.29, 0.717) is 0 Å². The van der Waals surface area contributed by atoms with Gasteiger partial charge in [0.1, 0.15) is 0 Å². The van der Waals surface area contributed by atoms with E-state index in [0.717, 1.165) is 0 Å². The number of hydrogen-bond acceptors (Lipinski definition) is 0. The third-order valence-electron chi connectivity index (χ3n) is 3.72.